The number of carbonyl (C=O) groups excluding carboxylic acids is 1. The minimum atomic E-state index is -0.845. The van der Waals surface area contributed by atoms with E-state index in [4.69, 9.17) is 5.73 Å². The Morgan fingerprint density at radius 2 is 1.85 bits per heavy atom. The average Bonchev–Trinajstić information content (AvgIpc) is 2.68. The number of hydrogen-bond donors (Lipinski definition) is 1. The maximum absolute atomic E-state index is 12.3. The monoisotopic (exact) mass is 369 g/mol. The van der Waals surface area contributed by atoms with Gasteiger partial charge in [0, 0.05) is 37.9 Å². The number of nitrogens with zero attached hydrogens (tertiary/aromatic N) is 4. The van der Waals surface area contributed by atoms with Crippen molar-refractivity contribution in [1.29, 1.82) is 5.26 Å². The van der Waals surface area contributed by atoms with Gasteiger partial charge < -0.3 is 15.5 Å². The minimum Gasteiger partial charge on any atom is -0.369 e. The maximum atomic E-state index is 12.3. The number of hydrogen-bond acceptors (Lipinski definition) is 5. The number of carbonyl (C=O) groups is 1. The van der Waals surface area contributed by atoms with Crippen LogP contribution in [0.4, 0.5) is 5.69 Å². The summed E-state index contributed by atoms with van der Waals surface area (Å²) in [7, 11) is 2.16. The predicted octanol–water partition coefficient (Wildman–Crippen LogP) is 2.12. The molecule has 2 heterocycles. The van der Waals surface area contributed by atoms with Crippen molar-refractivity contribution in [3.63, 3.8) is 0 Å². The molecule has 0 radical (unpaired) electrons. The topological polar surface area (TPSA) is 76.6 Å². The smallest absolute Gasteiger partial charge is 0.239 e. The SMILES string of the molecule is CC(c1ccc(N2CCN(C)CC2)cc1)N1CCCCC1(CC#N)C(N)=O. The summed E-state index contributed by atoms with van der Waals surface area (Å²) in [5, 5.41) is 9.31. The van der Waals surface area contributed by atoms with Crippen molar-refractivity contribution in [3.05, 3.63) is 29.8 Å². The van der Waals surface area contributed by atoms with Gasteiger partial charge in [-0.25, -0.2) is 0 Å². The highest BCUT2D eigenvalue weighted by Gasteiger charge is 2.46. The molecule has 0 bridgehead atoms. The van der Waals surface area contributed by atoms with E-state index in [1.165, 1.54) is 11.3 Å². The molecule has 0 aliphatic carbocycles. The van der Waals surface area contributed by atoms with Crippen LogP contribution in [0.25, 0.3) is 0 Å². The number of anilines is 1. The highest BCUT2D eigenvalue weighted by molar-refractivity contribution is 5.85. The minimum absolute atomic E-state index is 0.0488. The summed E-state index contributed by atoms with van der Waals surface area (Å²) in [6.07, 6.45) is 2.80. The van der Waals surface area contributed by atoms with Crippen molar-refractivity contribution in [1.82, 2.24) is 9.80 Å². The fourth-order valence-corrected chi connectivity index (χ4v) is 4.50. The molecule has 0 aromatic heterocycles. The van der Waals surface area contributed by atoms with Crippen LogP contribution in [-0.4, -0.2) is 61.0 Å². The number of amides is 1. The highest BCUT2D eigenvalue weighted by atomic mass is 16.1. The van der Waals surface area contributed by atoms with Gasteiger partial charge in [0.1, 0.15) is 5.54 Å². The highest BCUT2D eigenvalue weighted by Crippen LogP contribution is 2.38. The van der Waals surface area contributed by atoms with Gasteiger partial charge in [-0.1, -0.05) is 12.1 Å². The van der Waals surface area contributed by atoms with Crippen LogP contribution in [0, 0.1) is 11.3 Å². The summed E-state index contributed by atoms with van der Waals surface area (Å²) < 4.78 is 0. The first-order chi connectivity index (χ1) is 13.0. The Morgan fingerprint density at radius 1 is 1.19 bits per heavy atom. The molecule has 1 amide bonds. The van der Waals surface area contributed by atoms with Crippen LogP contribution >= 0.6 is 0 Å². The van der Waals surface area contributed by atoms with Gasteiger partial charge in [-0.2, -0.15) is 5.26 Å². The first-order valence-electron chi connectivity index (χ1n) is 9.95. The lowest BCUT2D eigenvalue weighted by Crippen LogP contribution is -2.60. The Hall–Kier alpha value is -2.10. The number of likely N-dealkylation sites (N-methyl/N-ethyl adjacent to an activating group) is 1. The second kappa shape index (κ2) is 8.28. The normalized spacial score (nSPS) is 25.7. The molecule has 6 heteroatoms. The third-order valence-corrected chi connectivity index (χ3v) is 6.33. The van der Waals surface area contributed by atoms with Crippen molar-refractivity contribution < 1.29 is 4.79 Å². The van der Waals surface area contributed by atoms with Crippen molar-refractivity contribution in [2.24, 2.45) is 5.73 Å². The molecule has 2 aliphatic rings. The van der Waals surface area contributed by atoms with Crippen molar-refractivity contribution >= 4 is 11.6 Å². The lowest BCUT2D eigenvalue weighted by atomic mass is 9.81. The van der Waals surface area contributed by atoms with Gasteiger partial charge in [0.25, 0.3) is 0 Å². The fourth-order valence-electron chi connectivity index (χ4n) is 4.50. The molecule has 1 aromatic rings. The summed E-state index contributed by atoms with van der Waals surface area (Å²) in [5.74, 6) is -0.371. The Labute approximate surface area is 162 Å². The van der Waals surface area contributed by atoms with E-state index in [-0.39, 0.29) is 18.4 Å². The average molecular weight is 370 g/mol. The zero-order chi connectivity index (χ0) is 19.4. The van der Waals surface area contributed by atoms with E-state index in [9.17, 15) is 10.1 Å². The Kier molecular flexibility index (Phi) is 6.03. The number of piperazine rings is 1. The maximum Gasteiger partial charge on any atom is 0.239 e. The van der Waals surface area contributed by atoms with E-state index in [0.29, 0.717) is 6.42 Å². The van der Waals surface area contributed by atoms with Crippen molar-refractivity contribution in [3.8, 4) is 6.07 Å². The summed E-state index contributed by atoms with van der Waals surface area (Å²) in [6, 6.07) is 10.9. The van der Waals surface area contributed by atoms with Gasteiger partial charge in [-0.05, 0) is 57.5 Å². The largest absolute Gasteiger partial charge is 0.369 e. The van der Waals surface area contributed by atoms with E-state index in [1.807, 2.05) is 0 Å². The molecule has 0 saturated carbocycles. The molecule has 2 atom stereocenters. The molecular weight excluding hydrogens is 338 g/mol. The summed E-state index contributed by atoms with van der Waals surface area (Å²) in [4.78, 5) is 19.2. The quantitative estimate of drug-likeness (QED) is 0.860. The number of nitrogens with two attached hydrogens (primary N) is 1. The van der Waals surface area contributed by atoms with Crippen LogP contribution in [-0.2, 0) is 4.79 Å². The Balaban J connectivity index is 1.78. The van der Waals surface area contributed by atoms with Crippen LogP contribution in [0.5, 0.6) is 0 Å². The summed E-state index contributed by atoms with van der Waals surface area (Å²) >= 11 is 0. The molecule has 27 heavy (non-hydrogen) atoms. The molecule has 2 saturated heterocycles. The number of rotatable bonds is 5. The van der Waals surface area contributed by atoms with Gasteiger partial charge in [0.15, 0.2) is 0 Å². The number of primary amides is 1. The first-order valence-corrected chi connectivity index (χ1v) is 9.95. The predicted molar refractivity (Wildman–Crippen MR) is 107 cm³/mol. The summed E-state index contributed by atoms with van der Waals surface area (Å²) in [6.45, 7) is 7.18. The molecule has 6 nitrogen and oxygen atoms in total. The van der Waals surface area contributed by atoms with Gasteiger partial charge in [-0.15, -0.1) is 0 Å². The van der Waals surface area contributed by atoms with Gasteiger partial charge in [-0.3, -0.25) is 9.69 Å². The van der Waals surface area contributed by atoms with E-state index >= 15 is 0 Å². The van der Waals surface area contributed by atoms with Crippen LogP contribution in [0.3, 0.4) is 0 Å². The van der Waals surface area contributed by atoms with Gasteiger partial charge >= 0.3 is 0 Å². The van der Waals surface area contributed by atoms with E-state index in [2.05, 4.69) is 59.0 Å². The van der Waals surface area contributed by atoms with Crippen molar-refractivity contribution in [2.45, 2.75) is 44.2 Å². The molecule has 2 fully saturated rings. The Bertz CT molecular complexity index is 690. The molecule has 1 aromatic carbocycles. The van der Waals surface area contributed by atoms with Gasteiger partial charge in [0.05, 0.1) is 12.5 Å². The van der Waals surface area contributed by atoms with Crippen LogP contribution < -0.4 is 10.6 Å². The summed E-state index contributed by atoms with van der Waals surface area (Å²) in [5.41, 5.74) is 7.35. The molecule has 2 unspecified atom stereocenters. The fraction of sp³-hybridized carbons (Fsp3) is 0.619. The van der Waals surface area contributed by atoms with E-state index in [1.54, 1.807) is 0 Å². The van der Waals surface area contributed by atoms with E-state index in [0.717, 1.165) is 45.6 Å². The number of piperidine rings is 1. The molecule has 0 spiro atoms. The van der Waals surface area contributed by atoms with Crippen LogP contribution in [0.1, 0.15) is 44.2 Å². The zero-order valence-corrected chi connectivity index (χ0v) is 16.5. The number of benzene rings is 1. The third-order valence-electron chi connectivity index (χ3n) is 6.33. The lowest BCUT2D eigenvalue weighted by Gasteiger charge is -2.47. The number of likely N-dealkylation sites (tertiary alicyclic amines) is 1. The molecule has 3 rings (SSSR count). The molecular formula is C21H31N5O. The molecule has 2 aliphatic heterocycles. The van der Waals surface area contributed by atoms with Crippen LogP contribution in [0.15, 0.2) is 24.3 Å². The zero-order valence-electron chi connectivity index (χ0n) is 16.5. The first kappa shape index (κ1) is 19.7. The second-order valence-corrected chi connectivity index (χ2v) is 7.94. The van der Waals surface area contributed by atoms with Crippen molar-refractivity contribution in [2.75, 3.05) is 44.7 Å². The number of nitriles is 1. The van der Waals surface area contributed by atoms with E-state index < -0.39 is 5.54 Å². The lowest BCUT2D eigenvalue weighted by molar-refractivity contribution is -0.134. The standard InChI is InChI=1S/C21H31N5O/c1-17(26-12-4-3-9-21(26,10-11-22)20(23)27)18-5-7-19(8-6-18)25-15-13-24(2)14-16-25/h5-8,17H,3-4,9-10,12-16H2,1-2H3,(H2,23,27). The Morgan fingerprint density at radius 3 is 2.44 bits per heavy atom. The van der Waals surface area contributed by atoms with Gasteiger partial charge in [0.2, 0.25) is 5.91 Å². The molecule has 2 N–H and O–H groups in total. The molecule has 146 valence electrons. The van der Waals surface area contributed by atoms with Crippen LogP contribution in [0.2, 0.25) is 0 Å². The third kappa shape index (κ3) is 3.95. The second-order valence-electron chi connectivity index (χ2n) is 7.94.